The van der Waals surface area contributed by atoms with Gasteiger partial charge in [-0.05, 0) is 131 Å². The number of anilines is 2. The normalized spacial score (nSPS) is 24.8. The molecule has 16 nitrogen and oxygen atoms in total. The number of benzene rings is 2. The van der Waals surface area contributed by atoms with E-state index in [4.69, 9.17) is 9.47 Å². The number of aromatic nitrogens is 3. The summed E-state index contributed by atoms with van der Waals surface area (Å²) in [4.78, 5) is 41.5. The van der Waals surface area contributed by atoms with Gasteiger partial charge < -0.3 is 29.8 Å². The van der Waals surface area contributed by atoms with Crippen LogP contribution in [0.1, 0.15) is 112 Å². The first-order valence-corrected chi connectivity index (χ1v) is 24.9. The number of carbonyl (C=O) groups is 1. The number of fused-ring (bicyclic) bond motifs is 1. The van der Waals surface area contributed by atoms with E-state index in [0.29, 0.717) is 42.7 Å². The molecule has 3 aliphatic carbocycles. The van der Waals surface area contributed by atoms with Gasteiger partial charge in [0.25, 0.3) is 15.9 Å². The van der Waals surface area contributed by atoms with Crippen molar-refractivity contribution in [3.8, 4) is 11.5 Å². The minimum Gasteiger partial charge on any atom is -0.455 e. The molecule has 348 valence electrons. The molecule has 1 unspecified atom stereocenters. The Morgan fingerprint density at radius 1 is 0.985 bits per heavy atom. The molecule has 0 bridgehead atoms. The number of nitrogens with one attached hydrogen (secondary N) is 3. The Bertz CT molecular complexity index is 2730. The van der Waals surface area contributed by atoms with E-state index in [2.05, 4.69) is 66.0 Å². The first-order chi connectivity index (χ1) is 31.7. The van der Waals surface area contributed by atoms with E-state index in [1.54, 1.807) is 37.4 Å². The van der Waals surface area contributed by atoms with Crippen LogP contribution in [0.4, 0.5) is 17.2 Å². The van der Waals surface area contributed by atoms with Crippen molar-refractivity contribution in [2.75, 3.05) is 43.0 Å². The third-order valence-corrected chi connectivity index (χ3v) is 16.3. The van der Waals surface area contributed by atoms with Gasteiger partial charge in [-0.25, -0.2) is 23.1 Å². The molecule has 2 saturated heterocycles. The summed E-state index contributed by atoms with van der Waals surface area (Å²) >= 11 is 0. The molecule has 5 aromatic rings. The standard InChI is InChI=1S/C49H58N8O8S/c1-31-44(40-6-4-3-5-39(40)33-7-8-33)56(21-22-64-31)36-26-49(27-36)16-19-55(20-17-49)35-9-10-41(43(24-35)65-37-23-34-13-18-50-45(34)52-29-37)47(58)54-66(62,63)38-25-42(57(60)61)46(53-30-38)51-28-32-11-14-48(2,59)15-12-32/h3-6,9-10,13,18,23-25,29-33,36,44,59H,7-8,11-12,14-17,19-22,26-28H2,1-2H3,(H,50,52)(H,51,53)(H,54,58)/t31?,32-,44-,48-/m0/s1. The Morgan fingerprint density at radius 3 is 2.48 bits per heavy atom. The van der Waals surface area contributed by atoms with Crippen LogP contribution in [0.3, 0.4) is 0 Å². The fraction of sp³-hybridized carbons (Fsp3) is 0.490. The second-order valence-electron chi connectivity index (χ2n) is 19.6. The number of hydrogen-bond donors (Lipinski definition) is 4. The third kappa shape index (κ3) is 9.09. The number of aliphatic hydroxyl groups is 1. The second kappa shape index (κ2) is 17.6. The van der Waals surface area contributed by atoms with Crippen LogP contribution < -0.4 is 19.7 Å². The predicted octanol–water partition coefficient (Wildman–Crippen LogP) is 8.22. The van der Waals surface area contributed by atoms with Gasteiger partial charge in [0.15, 0.2) is 0 Å². The summed E-state index contributed by atoms with van der Waals surface area (Å²) in [7, 11) is -4.63. The van der Waals surface area contributed by atoms with Gasteiger partial charge in [0.2, 0.25) is 5.82 Å². The van der Waals surface area contributed by atoms with Gasteiger partial charge in [-0.2, -0.15) is 0 Å². The first-order valence-electron chi connectivity index (χ1n) is 23.4. The molecule has 1 spiro atoms. The number of ether oxygens (including phenoxy) is 2. The van der Waals surface area contributed by atoms with Crippen LogP contribution in [-0.2, 0) is 14.8 Å². The number of piperidine rings is 1. The zero-order chi connectivity index (χ0) is 45.8. The number of pyridine rings is 2. The first kappa shape index (κ1) is 44.2. The number of amides is 1. The van der Waals surface area contributed by atoms with Gasteiger partial charge >= 0.3 is 5.69 Å². The van der Waals surface area contributed by atoms with Crippen molar-refractivity contribution in [2.45, 2.75) is 113 Å². The number of carbonyl (C=O) groups excluding carboxylic acids is 1. The van der Waals surface area contributed by atoms with Crippen molar-refractivity contribution in [3.63, 3.8) is 0 Å². The van der Waals surface area contributed by atoms with Crippen molar-refractivity contribution < 1.29 is 32.7 Å². The van der Waals surface area contributed by atoms with Crippen molar-refractivity contribution in [2.24, 2.45) is 11.3 Å². The average molecular weight is 919 g/mol. The van der Waals surface area contributed by atoms with E-state index in [1.165, 1.54) is 30.2 Å². The molecule has 5 heterocycles. The molecular formula is C49H58N8O8S. The van der Waals surface area contributed by atoms with Gasteiger partial charge in [0.05, 0.1) is 47.2 Å². The largest absolute Gasteiger partial charge is 0.455 e. The molecule has 66 heavy (non-hydrogen) atoms. The van der Waals surface area contributed by atoms with Crippen LogP contribution >= 0.6 is 0 Å². The molecule has 5 aliphatic rings. The van der Waals surface area contributed by atoms with Gasteiger partial charge in [-0.3, -0.25) is 19.8 Å². The smallest absolute Gasteiger partial charge is 0.312 e. The van der Waals surface area contributed by atoms with Crippen LogP contribution in [-0.4, -0.2) is 94.7 Å². The molecule has 5 fully saturated rings. The monoisotopic (exact) mass is 918 g/mol. The molecule has 10 rings (SSSR count). The second-order valence-corrected chi connectivity index (χ2v) is 21.3. The maximum Gasteiger partial charge on any atom is 0.312 e. The highest BCUT2D eigenvalue weighted by Crippen LogP contribution is 2.54. The van der Waals surface area contributed by atoms with Crippen LogP contribution in [0, 0.1) is 21.4 Å². The number of nitrogens with zero attached hydrogens (tertiary/aromatic N) is 5. The Morgan fingerprint density at radius 2 is 1.74 bits per heavy atom. The van der Waals surface area contributed by atoms with Crippen LogP contribution in [0.25, 0.3) is 11.0 Å². The molecule has 0 radical (unpaired) electrons. The number of H-pyrrole nitrogens is 1. The molecular weight excluding hydrogens is 861 g/mol. The molecule has 3 aromatic heterocycles. The summed E-state index contributed by atoms with van der Waals surface area (Å²) in [6.07, 6.45) is 14.0. The molecule has 17 heteroatoms. The number of nitro groups is 1. The van der Waals surface area contributed by atoms with E-state index in [0.717, 1.165) is 88.1 Å². The average Bonchev–Trinajstić information content (AvgIpc) is 4.04. The number of aromatic amines is 1. The summed E-state index contributed by atoms with van der Waals surface area (Å²) in [6.45, 7) is 7.72. The number of sulfonamides is 1. The van der Waals surface area contributed by atoms with E-state index in [9.17, 15) is 28.4 Å². The van der Waals surface area contributed by atoms with Gasteiger partial charge in [-0.15, -0.1) is 0 Å². The van der Waals surface area contributed by atoms with Crippen molar-refractivity contribution in [1.82, 2.24) is 24.6 Å². The Hall–Kier alpha value is -5.62. The van der Waals surface area contributed by atoms with Gasteiger partial charge in [0.1, 0.15) is 22.0 Å². The summed E-state index contributed by atoms with van der Waals surface area (Å²) < 4.78 is 42.2. The SMILES string of the molecule is CC1OCCN(C2CC3(CCN(c4ccc(C(=O)NS(=O)(=O)c5cnc(NC[C@H]6CC[C@](C)(O)CC6)c([N+](=O)[O-])c5)c(Oc5cnc6[nH]ccc6c5)c4)CC3)C2)[C@@H]1c1ccccc1C1CC1. The summed E-state index contributed by atoms with van der Waals surface area (Å²) in [5.74, 6) is 0.272. The summed E-state index contributed by atoms with van der Waals surface area (Å²) in [6, 6.07) is 19.4. The van der Waals surface area contributed by atoms with Crippen molar-refractivity contribution in [1.29, 1.82) is 0 Å². The summed E-state index contributed by atoms with van der Waals surface area (Å²) in [5.41, 5.74) is 3.38. The highest BCUT2D eigenvalue weighted by atomic mass is 32.2. The zero-order valence-corrected chi connectivity index (χ0v) is 38.3. The van der Waals surface area contributed by atoms with E-state index < -0.39 is 37.0 Å². The van der Waals surface area contributed by atoms with Crippen LogP contribution in [0.5, 0.6) is 11.5 Å². The topological polar surface area (TPSA) is 205 Å². The Kier molecular flexibility index (Phi) is 11.8. The van der Waals surface area contributed by atoms with E-state index >= 15 is 0 Å². The molecule has 1 amide bonds. The molecule has 4 N–H and O–H groups in total. The molecule has 2 aromatic carbocycles. The maximum atomic E-state index is 14.0. The Labute approximate surface area is 384 Å². The fourth-order valence-electron chi connectivity index (χ4n) is 11.0. The van der Waals surface area contributed by atoms with Crippen molar-refractivity contribution in [3.05, 3.63) is 106 Å². The zero-order valence-electron chi connectivity index (χ0n) is 37.4. The number of morpholine rings is 1. The lowest BCUT2D eigenvalue weighted by Crippen LogP contribution is -2.59. The lowest BCUT2D eigenvalue weighted by molar-refractivity contribution is -0.384. The third-order valence-electron chi connectivity index (χ3n) is 15.0. The molecule has 3 saturated carbocycles. The van der Waals surface area contributed by atoms with Crippen LogP contribution in [0.15, 0.2) is 84.1 Å². The van der Waals surface area contributed by atoms with E-state index in [1.807, 2.05) is 6.07 Å². The van der Waals surface area contributed by atoms with Gasteiger partial charge in [0, 0.05) is 61.6 Å². The minimum absolute atomic E-state index is 0.0448. The lowest BCUT2D eigenvalue weighted by atomic mass is 9.59. The maximum absolute atomic E-state index is 14.0. The Balaban J connectivity index is 0.838. The predicted molar refractivity (Wildman–Crippen MR) is 249 cm³/mol. The minimum atomic E-state index is -4.63. The highest BCUT2D eigenvalue weighted by molar-refractivity contribution is 7.90. The fourth-order valence-corrected chi connectivity index (χ4v) is 11.9. The van der Waals surface area contributed by atoms with Gasteiger partial charge in [-0.1, -0.05) is 24.3 Å². The van der Waals surface area contributed by atoms with Crippen LogP contribution in [0.2, 0.25) is 0 Å². The van der Waals surface area contributed by atoms with E-state index in [-0.39, 0.29) is 40.6 Å². The summed E-state index contributed by atoms with van der Waals surface area (Å²) in [5, 5.41) is 26.2. The highest BCUT2D eigenvalue weighted by Gasteiger charge is 2.51. The lowest BCUT2D eigenvalue weighted by Gasteiger charge is -2.58. The number of hydrogen-bond acceptors (Lipinski definition) is 13. The van der Waals surface area contributed by atoms with Crippen molar-refractivity contribution >= 4 is 44.2 Å². The quantitative estimate of drug-likeness (QED) is 0.0650. The number of rotatable bonds is 13. The molecule has 2 aliphatic heterocycles. The molecule has 2 atom stereocenters.